The minimum atomic E-state index is -0.498. The molecule has 2 N–H and O–H groups in total. The molecular weight excluding hydrogens is 387 g/mol. The van der Waals surface area contributed by atoms with Crippen LogP contribution >= 0.6 is 23.2 Å². The number of halogens is 2. The third-order valence-corrected chi connectivity index (χ3v) is 5.19. The van der Waals surface area contributed by atoms with E-state index >= 15 is 0 Å². The van der Waals surface area contributed by atoms with Crippen molar-refractivity contribution in [3.8, 4) is 5.75 Å². The number of rotatable bonds is 5. The zero-order valence-electron chi connectivity index (χ0n) is 16.1. The van der Waals surface area contributed by atoms with Crippen molar-refractivity contribution in [2.24, 2.45) is 11.7 Å². The molecule has 0 radical (unpaired) electrons. The van der Waals surface area contributed by atoms with E-state index in [4.69, 9.17) is 38.4 Å². The van der Waals surface area contributed by atoms with Gasteiger partial charge in [0.05, 0.1) is 10.0 Å². The number of carbonyl (C=O) groups is 1. The Morgan fingerprint density at radius 2 is 1.93 bits per heavy atom. The summed E-state index contributed by atoms with van der Waals surface area (Å²) in [6.45, 7) is 10.8. The summed E-state index contributed by atoms with van der Waals surface area (Å²) in [4.78, 5) is 14.0. The van der Waals surface area contributed by atoms with Gasteiger partial charge in [0.15, 0.2) is 0 Å². The van der Waals surface area contributed by atoms with E-state index in [1.807, 2.05) is 20.8 Å². The van der Waals surface area contributed by atoms with Crippen molar-refractivity contribution >= 4 is 29.3 Å². The van der Waals surface area contributed by atoms with Crippen molar-refractivity contribution in [1.29, 1.82) is 0 Å². The molecule has 1 amide bonds. The predicted octanol–water partition coefficient (Wildman–Crippen LogP) is 5.21. The van der Waals surface area contributed by atoms with Crippen molar-refractivity contribution in [2.45, 2.75) is 45.3 Å². The first-order valence-corrected chi connectivity index (χ1v) is 9.84. The summed E-state index contributed by atoms with van der Waals surface area (Å²) < 4.78 is 11.2. The molecule has 1 saturated heterocycles. The van der Waals surface area contributed by atoms with E-state index in [1.165, 1.54) is 0 Å². The average molecular weight is 415 g/mol. The molecule has 27 heavy (non-hydrogen) atoms. The Bertz CT molecular complexity index is 681. The smallest absolute Gasteiger partial charge is 0.410 e. The molecule has 0 aliphatic carbocycles. The highest BCUT2D eigenvalue weighted by molar-refractivity contribution is 6.42. The fraction of sp³-hybridized carbons (Fsp3) is 0.550. The molecule has 2 rings (SSSR count). The highest BCUT2D eigenvalue weighted by atomic mass is 35.5. The molecule has 1 fully saturated rings. The molecule has 0 unspecified atom stereocenters. The fourth-order valence-corrected chi connectivity index (χ4v) is 3.43. The van der Waals surface area contributed by atoms with Crippen LogP contribution in [0.15, 0.2) is 24.8 Å². The lowest BCUT2D eigenvalue weighted by atomic mass is 9.85. The summed E-state index contributed by atoms with van der Waals surface area (Å²) in [5.74, 6) is 0.818. The Hall–Kier alpha value is -1.43. The second-order valence-corrected chi connectivity index (χ2v) is 8.55. The topological polar surface area (TPSA) is 64.8 Å². The van der Waals surface area contributed by atoms with E-state index in [9.17, 15) is 4.79 Å². The Morgan fingerprint density at radius 1 is 1.33 bits per heavy atom. The minimum absolute atomic E-state index is 0.201. The molecular formula is C20H28Cl2N2O3. The molecule has 7 heteroatoms. The maximum absolute atomic E-state index is 12.2. The van der Waals surface area contributed by atoms with Gasteiger partial charge in [0.2, 0.25) is 0 Å². The maximum atomic E-state index is 12.2. The predicted molar refractivity (Wildman–Crippen MR) is 110 cm³/mol. The van der Waals surface area contributed by atoms with Crippen LogP contribution in [0.4, 0.5) is 4.79 Å². The maximum Gasteiger partial charge on any atom is 0.410 e. The lowest BCUT2D eigenvalue weighted by molar-refractivity contribution is 0.0174. The van der Waals surface area contributed by atoms with Crippen LogP contribution in [0, 0.1) is 5.92 Å². The van der Waals surface area contributed by atoms with Crippen molar-refractivity contribution in [2.75, 3.05) is 19.7 Å². The molecule has 150 valence electrons. The Kier molecular flexibility index (Phi) is 7.43. The van der Waals surface area contributed by atoms with E-state index in [1.54, 1.807) is 23.1 Å². The molecule has 1 heterocycles. The summed E-state index contributed by atoms with van der Waals surface area (Å²) in [7, 11) is 0. The van der Waals surface area contributed by atoms with Crippen LogP contribution in [-0.2, 0) is 4.74 Å². The van der Waals surface area contributed by atoms with Gasteiger partial charge in [-0.15, -0.1) is 0 Å². The van der Waals surface area contributed by atoms with Gasteiger partial charge >= 0.3 is 6.09 Å². The van der Waals surface area contributed by atoms with Crippen molar-refractivity contribution in [3.05, 3.63) is 40.4 Å². The standard InChI is InChI=1S/C20H28Cl2N2O3/c1-5-10-26-17-12-16(22)15(21)11-14(17)18(23)13-6-8-24(9-7-13)19(25)27-20(2,3)4/h5,11-13,18H,1,6-10,23H2,2-4H3/t18-/m1/s1. The Balaban J connectivity index is 2.07. The number of benzene rings is 1. The van der Waals surface area contributed by atoms with Crippen molar-refractivity contribution in [3.63, 3.8) is 0 Å². The molecule has 5 nitrogen and oxygen atoms in total. The molecule has 0 bridgehead atoms. The fourth-order valence-electron chi connectivity index (χ4n) is 3.10. The lowest BCUT2D eigenvalue weighted by Crippen LogP contribution is -2.43. The summed E-state index contributed by atoms with van der Waals surface area (Å²) in [6, 6.07) is 3.20. The van der Waals surface area contributed by atoms with Gasteiger partial charge in [-0.05, 0) is 45.6 Å². The van der Waals surface area contributed by atoms with E-state index < -0.39 is 5.60 Å². The third-order valence-electron chi connectivity index (χ3n) is 4.47. The zero-order chi connectivity index (χ0) is 20.2. The number of hydrogen-bond acceptors (Lipinski definition) is 4. The first-order chi connectivity index (χ1) is 12.6. The molecule has 1 aliphatic heterocycles. The van der Waals surface area contributed by atoms with Gasteiger partial charge in [-0.1, -0.05) is 35.9 Å². The highest BCUT2D eigenvalue weighted by Gasteiger charge is 2.31. The van der Waals surface area contributed by atoms with E-state index in [0.717, 1.165) is 18.4 Å². The minimum Gasteiger partial charge on any atom is -0.489 e. The van der Waals surface area contributed by atoms with Crippen LogP contribution in [0.25, 0.3) is 0 Å². The summed E-state index contributed by atoms with van der Waals surface area (Å²) in [5.41, 5.74) is 6.87. The highest BCUT2D eigenvalue weighted by Crippen LogP contribution is 2.38. The first-order valence-electron chi connectivity index (χ1n) is 9.08. The SMILES string of the molecule is C=CCOc1cc(Cl)c(Cl)cc1[C@H](N)C1CCN(C(=O)OC(C)(C)C)CC1. The largest absolute Gasteiger partial charge is 0.489 e. The van der Waals surface area contributed by atoms with Crippen LogP contribution in [0.5, 0.6) is 5.75 Å². The second kappa shape index (κ2) is 9.18. The number of piperidine rings is 1. The number of amides is 1. The van der Waals surface area contributed by atoms with Gasteiger partial charge < -0.3 is 20.1 Å². The number of nitrogens with two attached hydrogens (primary N) is 1. The summed E-state index contributed by atoms with van der Waals surface area (Å²) in [6.07, 6.45) is 2.94. The summed E-state index contributed by atoms with van der Waals surface area (Å²) >= 11 is 12.3. The zero-order valence-corrected chi connectivity index (χ0v) is 17.6. The average Bonchev–Trinajstić information content (AvgIpc) is 2.60. The van der Waals surface area contributed by atoms with Gasteiger partial charge in [-0.3, -0.25) is 0 Å². The first kappa shape index (κ1) is 21.9. The number of ether oxygens (including phenoxy) is 2. The monoisotopic (exact) mass is 414 g/mol. The van der Waals surface area contributed by atoms with Gasteiger partial charge in [-0.25, -0.2) is 4.79 Å². The number of hydrogen-bond donors (Lipinski definition) is 1. The van der Waals surface area contributed by atoms with Gasteiger partial charge in [0, 0.05) is 30.8 Å². The van der Waals surface area contributed by atoms with Crippen LogP contribution < -0.4 is 10.5 Å². The second-order valence-electron chi connectivity index (χ2n) is 7.73. The Labute approximate surface area is 171 Å². The number of nitrogens with zero attached hydrogens (tertiary/aromatic N) is 1. The number of carbonyl (C=O) groups excluding carboxylic acids is 1. The molecule has 0 aromatic heterocycles. The van der Waals surface area contributed by atoms with Crippen LogP contribution in [0.2, 0.25) is 10.0 Å². The van der Waals surface area contributed by atoms with Crippen LogP contribution in [0.3, 0.4) is 0 Å². The van der Waals surface area contributed by atoms with Crippen molar-refractivity contribution < 1.29 is 14.3 Å². The molecule has 1 aromatic rings. The molecule has 1 aromatic carbocycles. The molecule has 1 aliphatic rings. The Morgan fingerprint density at radius 3 is 2.48 bits per heavy atom. The quantitative estimate of drug-likeness (QED) is 0.671. The van der Waals surface area contributed by atoms with Gasteiger partial charge in [0.1, 0.15) is 18.0 Å². The van der Waals surface area contributed by atoms with Gasteiger partial charge in [0.25, 0.3) is 0 Å². The third kappa shape index (κ3) is 6.03. The summed E-state index contributed by atoms with van der Waals surface area (Å²) in [5, 5.41) is 0.866. The van der Waals surface area contributed by atoms with E-state index in [0.29, 0.717) is 35.5 Å². The van der Waals surface area contributed by atoms with Crippen LogP contribution in [0.1, 0.15) is 45.2 Å². The molecule has 0 saturated carbocycles. The normalized spacial score (nSPS) is 16.7. The van der Waals surface area contributed by atoms with Crippen LogP contribution in [-0.4, -0.2) is 36.3 Å². The van der Waals surface area contributed by atoms with Crippen molar-refractivity contribution in [1.82, 2.24) is 4.90 Å². The van der Waals surface area contributed by atoms with E-state index in [2.05, 4.69) is 6.58 Å². The van der Waals surface area contributed by atoms with Gasteiger partial charge in [-0.2, -0.15) is 0 Å². The van der Waals surface area contributed by atoms with E-state index in [-0.39, 0.29) is 18.1 Å². The molecule has 1 atom stereocenters. The lowest BCUT2D eigenvalue weighted by Gasteiger charge is -2.36. The number of likely N-dealkylation sites (tertiary alicyclic amines) is 1. The molecule has 0 spiro atoms.